The van der Waals surface area contributed by atoms with Gasteiger partial charge in [0.1, 0.15) is 0 Å². The smallest absolute Gasteiger partial charge is 0.230 e. The summed E-state index contributed by atoms with van der Waals surface area (Å²) in [5.41, 5.74) is 0.968. The predicted molar refractivity (Wildman–Crippen MR) is 86.7 cm³/mol. The Morgan fingerprint density at radius 1 is 1.45 bits per heavy atom. The van der Waals surface area contributed by atoms with Gasteiger partial charge in [-0.1, -0.05) is 49.3 Å². The van der Waals surface area contributed by atoms with E-state index in [4.69, 9.17) is 11.6 Å². The summed E-state index contributed by atoms with van der Waals surface area (Å²) in [6.45, 7) is 5.37. The van der Waals surface area contributed by atoms with Gasteiger partial charge in [0.2, 0.25) is 11.1 Å². The molecule has 0 atom stereocenters. The maximum absolute atomic E-state index is 11.9. The summed E-state index contributed by atoms with van der Waals surface area (Å²) in [4.78, 5) is 11.9. The quantitative estimate of drug-likeness (QED) is 0.784. The number of carbonyl (C=O) groups is 1. The van der Waals surface area contributed by atoms with Crippen molar-refractivity contribution in [2.75, 3.05) is 5.75 Å². The fourth-order valence-corrected chi connectivity index (χ4v) is 2.72. The predicted octanol–water partition coefficient (Wildman–Crippen LogP) is 2.39. The molecule has 0 saturated heterocycles. The molecule has 0 radical (unpaired) electrons. The molecule has 1 N–H and O–H groups in total. The molecular formula is C14H18ClN5OS. The highest BCUT2D eigenvalue weighted by atomic mass is 35.5. The molecule has 1 aromatic carbocycles. The Hall–Kier alpha value is -1.60. The molecule has 0 aliphatic heterocycles. The van der Waals surface area contributed by atoms with E-state index in [1.54, 1.807) is 10.7 Å². The Morgan fingerprint density at radius 3 is 3.00 bits per heavy atom. The molecule has 1 aromatic heterocycles. The van der Waals surface area contributed by atoms with Crippen LogP contribution in [0, 0.1) is 5.92 Å². The van der Waals surface area contributed by atoms with Gasteiger partial charge in [0.25, 0.3) is 0 Å². The second kappa shape index (κ2) is 8.14. The SMILES string of the molecule is CC(C)Cn1nnnc1SCC(=O)NCc1cccc(Cl)c1. The summed E-state index contributed by atoms with van der Waals surface area (Å²) in [7, 11) is 0. The number of carbonyl (C=O) groups excluding carboxylic acids is 1. The Balaban J connectivity index is 1.79. The third-order valence-electron chi connectivity index (χ3n) is 2.75. The molecule has 118 valence electrons. The van der Waals surface area contributed by atoms with Gasteiger partial charge in [-0.25, -0.2) is 4.68 Å². The van der Waals surface area contributed by atoms with Crippen LogP contribution < -0.4 is 5.32 Å². The summed E-state index contributed by atoms with van der Waals surface area (Å²) >= 11 is 7.24. The molecule has 0 bridgehead atoms. The third kappa shape index (κ3) is 5.31. The lowest BCUT2D eigenvalue weighted by atomic mass is 10.2. The van der Waals surface area contributed by atoms with Crippen molar-refractivity contribution in [2.45, 2.75) is 32.1 Å². The Kier molecular flexibility index (Phi) is 6.21. The number of halogens is 1. The molecule has 0 aliphatic rings. The highest BCUT2D eigenvalue weighted by molar-refractivity contribution is 7.99. The molecule has 0 fully saturated rings. The number of nitrogens with one attached hydrogen (secondary N) is 1. The Labute approximate surface area is 138 Å². The van der Waals surface area contributed by atoms with E-state index in [0.717, 1.165) is 12.1 Å². The molecule has 0 unspecified atom stereocenters. The van der Waals surface area contributed by atoms with Crippen molar-refractivity contribution < 1.29 is 4.79 Å². The van der Waals surface area contributed by atoms with Gasteiger partial charge in [0, 0.05) is 18.1 Å². The van der Waals surface area contributed by atoms with E-state index in [9.17, 15) is 4.79 Å². The van der Waals surface area contributed by atoms with E-state index >= 15 is 0 Å². The lowest BCUT2D eigenvalue weighted by Crippen LogP contribution is -2.24. The van der Waals surface area contributed by atoms with Gasteiger partial charge < -0.3 is 5.32 Å². The first kappa shape index (κ1) is 16.8. The molecule has 2 rings (SSSR count). The van der Waals surface area contributed by atoms with Crippen LogP contribution in [-0.2, 0) is 17.9 Å². The van der Waals surface area contributed by atoms with Crippen LogP contribution in [0.3, 0.4) is 0 Å². The summed E-state index contributed by atoms with van der Waals surface area (Å²) in [5.74, 6) is 0.655. The Morgan fingerprint density at radius 2 is 2.27 bits per heavy atom. The molecule has 0 aliphatic carbocycles. The molecule has 2 aromatic rings. The van der Waals surface area contributed by atoms with Crippen LogP contribution in [0.5, 0.6) is 0 Å². The van der Waals surface area contributed by atoms with Crippen LogP contribution in [0.2, 0.25) is 5.02 Å². The summed E-state index contributed by atoms with van der Waals surface area (Å²) < 4.78 is 1.72. The van der Waals surface area contributed by atoms with Crippen molar-refractivity contribution in [3.63, 3.8) is 0 Å². The number of thioether (sulfide) groups is 1. The van der Waals surface area contributed by atoms with Crippen LogP contribution in [0.4, 0.5) is 0 Å². The highest BCUT2D eigenvalue weighted by Gasteiger charge is 2.10. The highest BCUT2D eigenvalue weighted by Crippen LogP contribution is 2.15. The second-order valence-corrected chi connectivity index (χ2v) is 6.61. The van der Waals surface area contributed by atoms with E-state index in [-0.39, 0.29) is 11.7 Å². The fraction of sp³-hybridized carbons (Fsp3) is 0.429. The summed E-state index contributed by atoms with van der Waals surface area (Å²) in [6, 6.07) is 7.41. The van der Waals surface area contributed by atoms with Crippen molar-refractivity contribution in [1.82, 2.24) is 25.5 Å². The average Bonchev–Trinajstić information content (AvgIpc) is 2.89. The van der Waals surface area contributed by atoms with Crippen molar-refractivity contribution in [3.05, 3.63) is 34.9 Å². The van der Waals surface area contributed by atoms with Gasteiger partial charge in [-0.2, -0.15) is 0 Å². The first-order valence-electron chi connectivity index (χ1n) is 6.94. The number of tetrazole rings is 1. The molecule has 22 heavy (non-hydrogen) atoms. The lowest BCUT2D eigenvalue weighted by Gasteiger charge is -2.07. The van der Waals surface area contributed by atoms with Gasteiger partial charge in [-0.05, 0) is 34.0 Å². The average molecular weight is 340 g/mol. The van der Waals surface area contributed by atoms with Gasteiger partial charge in [-0.15, -0.1) is 5.10 Å². The minimum Gasteiger partial charge on any atom is -0.351 e. The largest absolute Gasteiger partial charge is 0.351 e. The van der Waals surface area contributed by atoms with E-state index in [1.807, 2.05) is 18.2 Å². The molecule has 0 spiro atoms. The fourth-order valence-electron chi connectivity index (χ4n) is 1.79. The van der Waals surface area contributed by atoms with E-state index in [2.05, 4.69) is 34.7 Å². The number of benzene rings is 1. The van der Waals surface area contributed by atoms with Crippen molar-refractivity contribution in [3.8, 4) is 0 Å². The third-order valence-corrected chi connectivity index (χ3v) is 3.94. The van der Waals surface area contributed by atoms with Crippen molar-refractivity contribution in [2.24, 2.45) is 5.92 Å². The number of hydrogen-bond acceptors (Lipinski definition) is 5. The van der Waals surface area contributed by atoms with Crippen LogP contribution >= 0.6 is 23.4 Å². The van der Waals surface area contributed by atoms with Gasteiger partial charge in [0.15, 0.2) is 0 Å². The minimum absolute atomic E-state index is 0.0657. The van der Waals surface area contributed by atoms with Crippen LogP contribution in [0.1, 0.15) is 19.4 Å². The van der Waals surface area contributed by atoms with E-state index in [1.165, 1.54) is 11.8 Å². The standard InChI is InChI=1S/C14H18ClN5OS/c1-10(2)8-20-14(17-18-19-20)22-9-13(21)16-7-11-4-3-5-12(15)6-11/h3-6,10H,7-9H2,1-2H3,(H,16,21). The van der Waals surface area contributed by atoms with E-state index < -0.39 is 0 Å². The molecule has 6 nitrogen and oxygen atoms in total. The number of rotatable bonds is 7. The number of amides is 1. The summed E-state index contributed by atoms with van der Waals surface area (Å²) in [6.07, 6.45) is 0. The van der Waals surface area contributed by atoms with Crippen LogP contribution in [0.25, 0.3) is 0 Å². The topological polar surface area (TPSA) is 72.7 Å². The number of nitrogens with zero attached hydrogens (tertiary/aromatic N) is 4. The zero-order valence-corrected chi connectivity index (χ0v) is 14.1. The maximum atomic E-state index is 11.9. The Bertz CT molecular complexity index is 631. The van der Waals surface area contributed by atoms with Gasteiger partial charge in [-0.3, -0.25) is 4.79 Å². The monoisotopic (exact) mass is 339 g/mol. The van der Waals surface area contributed by atoms with Gasteiger partial charge >= 0.3 is 0 Å². The molecular weight excluding hydrogens is 322 g/mol. The first-order chi connectivity index (χ1) is 10.5. The normalized spacial score (nSPS) is 10.9. The van der Waals surface area contributed by atoms with Gasteiger partial charge in [0.05, 0.1) is 5.75 Å². The summed E-state index contributed by atoms with van der Waals surface area (Å²) in [5, 5.41) is 15.7. The number of aromatic nitrogens is 4. The molecule has 8 heteroatoms. The molecule has 1 amide bonds. The zero-order valence-electron chi connectivity index (χ0n) is 12.5. The first-order valence-corrected chi connectivity index (χ1v) is 8.31. The molecule has 1 heterocycles. The van der Waals surface area contributed by atoms with Crippen molar-refractivity contribution >= 4 is 29.3 Å². The van der Waals surface area contributed by atoms with E-state index in [0.29, 0.717) is 22.6 Å². The zero-order chi connectivity index (χ0) is 15.9. The second-order valence-electron chi connectivity index (χ2n) is 5.23. The lowest BCUT2D eigenvalue weighted by molar-refractivity contribution is -0.118. The molecule has 0 saturated carbocycles. The van der Waals surface area contributed by atoms with Crippen molar-refractivity contribution in [1.29, 1.82) is 0 Å². The van der Waals surface area contributed by atoms with Crippen LogP contribution in [0.15, 0.2) is 29.4 Å². The maximum Gasteiger partial charge on any atom is 0.230 e. The number of hydrogen-bond donors (Lipinski definition) is 1. The minimum atomic E-state index is -0.0657. The van der Waals surface area contributed by atoms with Crippen LogP contribution in [-0.4, -0.2) is 31.9 Å².